The molecule has 0 aliphatic heterocycles. The zero-order chi connectivity index (χ0) is 19.2. The van der Waals surface area contributed by atoms with Gasteiger partial charge in [0.25, 0.3) is 5.91 Å². The number of hydrogen-bond donors (Lipinski definition) is 2. The predicted octanol–water partition coefficient (Wildman–Crippen LogP) is 4.58. The number of anilines is 2. The lowest BCUT2D eigenvalue weighted by Crippen LogP contribution is -2.14. The number of hydrogen-bond acceptors (Lipinski definition) is 4. The first kappa shape index (κ1) is 18.6. The molecule has 3 rings (SSSR count). The second-order valence-electron chi connectivity index (χ2n) is 5.60. The number of amides is 2. The monoisotopic (exact) mass is 381 g/mol. The average molecular weight is 381 g/mol. The molecule has 3 aromatic rings. The molecule has 1 heterocycles. The molecule has 5 nitrogen and oxygen atoms in total. The van der Waals surface area contributed by atoms with Crippen molar-refractivity contribution in [1.82, 2.24) is 4.98 Å². The molecular formula is C20H16FN3O2S. The first-order valence-electron chi connectivity index (χ1n) is 8.09. The highest BCUT2D eigenvalue weighted by Gasteiger charge is 2.15. The SMILES string of the molecule is CC(=O)Nc1cc(NC(=O)c2cccnc2Sc2ccccc2)ccc1F. The normalized spacial score (nSPS) is 10.3. The Morgan fingerprint density at radius 3 is 2.52 bits per heavy atom. The molecule has 0 fully saturated rings. The highest BCUT2D eigenvalue weighted by molar-refractivity contribution is 7.99. The second-order valence-corrected chi connectivity index (χ2v) is 6.66. The van der Waals surface area contributed by atoms with E-state index in [1.807, 2.05) is 30.3 Å². The molecule has 0 saturated carbocycles. The maximum atomic E-state index is 13.8. The van der Waals surface area contributed by atoms with E-state index in [9.17, 15) is 14.0 Å². The van der Waals surface area contributed by atoms with Crippen LogP contribution in [0, 0.1) is 5.82 Å². The molecule has 1 aromatic heterocycles. The van der Waals surface area contributed by atoms with Gasteiger partial charge < -0.3 is 10.6 Å². The Kier molecular flexibility index (Phi) is 5.83. The first-order chi connectivity index (χ1) is 13.0. The summed E-state index contributed by atoms with van der Waals surface area (Å²) < 4.78 is 13.8. The van der Waals surface area contributed by atoms with Gasteiger partial charge in [-0.25, -0.2) is 9.37 Å². The van der Waals surface area contributed by atoms with Crippen LogP contribution in [-0.4, -0.2) is 16.8 Å². The molecule has 0 bridgehead atoms. The summed E-state index contributed by atoms with van der Waals surface area (Å²) in [6.07, 6.45) is 1.62. The summed E-state index contributed by atoms with van der Waals surface area (Å²) in [6.45, 7) is 1.29. The molecule has 0 spiro atoms. The van der Waals surface area contributed by atoms with E-state index >= 15 is 0 Å². The Labute approximate surface area is 160 Å². The summed E-state index contributed by atoms with van der Waals surface area (Å²) in [6, 6.07) is 16.9. The number of carbonyl (C=O) groups is 2. The molecule has 0 aliphatic rings. The van der Waals surface area contributed by atoms with Crippen LogP contribution in [0.4, 0.5) is 15.8 Å². The van der Waals surface area contributed by atoms with Crippen LogP contribution >= 0.6 is 11.8 Å². The number of aromatic nitrogens is 1. The molecule has 2 aromatic carbocycles. The number of nitrogens with zero attached hydrogens (tertiary/aromatic N) is 1. The lowest BCUT2D eigenvalue weighted by Gasteiger charge is -2.11. The zero-order valence-corrected chi connectivity index (χ0v) is 15.2. The molecule has 136 valence electrons. The molecule has 27 heavy (non-hydrogen) atoms. The van der Waals surface area contributed by atoms with E-state index < -0.39 is 11.7 Å². The Bertz CT molecular complexity index is 980. The third-order valence-corrected chi connectivity index (χ3v) is 4.53. The van der Waals surface area contributed by atoms with Crippen molar-refractivity contribution in [2.75, 3.05) is 10.6 Å². The molecule has 0 aliphatic carbocycles. The molecule has 2 N–H and O–H groups in total. The van der Waals surface area contributed by atoms with Gasteiger partial charge in [-0.15, -0.1) is 0 Å². The van der Waals surface area contributed by atoms with E-state index in [1.54, 1.807) is 18.3 Å². The van der Waals surface area contributed by atoms with Crippen LogP contribution in [0.3, 0.4) is 0 Å². The van der Waals surface area contributed by atoms with Crippen LogP contribution in [0.15, 0.2) is 76.8 Å². The number of nitrogens with one attached hydrogen (secondary N) is 2. The second kappa shape index (κ2) is 8.46. The highest BCUT2D eigenvalue weighted by atomic mass is 32.2. The van der Waals surface area contributed by atoms with E-state index in [0.29, 0.717) is 16.3 Å². The van der Waals surface area contributed by atoms with E-state index in [-0.39, 0.29) is 11.6 Å². The standard InChI is InChI=1S/C20H16FN3O2S/c1-13(25)23-18-12-14(9-10-17(18)21)24-19(26)16-8-5-11-22-20(16)27-15-6-3-2-4-7-15/h2-12H,1H3,(H,23,25)(H,24,26). The van der Waals surface area contributed by atoms with Crippen molar-refractivity contribution in [3.63, 3.8) is 0 Å². The summed E-state index contributed by atoms with van der Waals surface area (Å²) >= 11 is 1.38. The lowest BCUT2D eigenvalue weighted by molar-refractivity contribution is -0.114. The van der Waals surface area contributed by atoms with Gasteiger partial charge >= 0.3 is 0 Å². The van der Waals surface area contributed by atoms with Gasteiger partial charge in [-0.2, -0.15) is 0 Å². The van der Waals surface area contributed by atoms with Crippen molar-refractivity contribution in [1.29, 1.82) is 0 Å². The maximum absolute atomic E-state index is 13.8. The van der Waals surface area contributed by atoms with Crippen LogP contribution in [0.25, 0.3) is 0 Å². The first-order valence-corrected chi connectivity index (χ1v) is 8.91. The minimum Gasteiger partial charge on any atom is -0.324 e. The van der Waals surface area contributed by atoms with Gasteiger partial charge in [0.2, 0.25) is 5.91 Å². The minimum absolute atomic E-state index is 0.00497. The molecule has 2 amide bonds. The van der Waals surface area contributed by atoms with Crippen molar-refractivity contribution in [3.8, 4) is 0 Å². The largest absolute Gasteiger partial charge is 0.324 e. The van der Waals surface area contributed by atoms with Crippen molar-refractivity contribution in [3.05, 3.63) is 78.2 Å². The summed E-state index contributed by atoms with van der Waals surface area (Å²) in [4.78, 5) is 29.1. The summed E-state index contributed by atoms with van der Waals surface area (Å²) in [5.74, 6) is -1.35. The van der Waals surface area contributed by atoms with Crippen LogP contribution in [0.1, 0.15) is 17.3 Å². The summed E-state index contributed by atoms with van der Waals surface area (Å²) in [5, 5.41) is 5.66. The van der Waals surface area contributed by atoms with Gasteiger partial charge in [-0.3, -0.25) is 9.59 Å². The number of rotatable bonds is 5. The number of benzene rings is 2. The fraction of sp³-hybridized carbons (Fsp3) is 0.0500. The summed E-state index contributed by atoms with van der Waals surface area (Å²) in [5.41, 5.74) is 0.770. The molecular weight excluding hydrogens is 365 g/mol. The van der Waals surface area contributed by atoms with Gasteiger partial charge in [-0.1, -0.05) is 30.0 Å². The third kappa shape index (κ3) is 4.92. The van der Waals surface area contributed by atoms with Gasteiger partial charge in [0.15, 0.2) is 0 Å². The van der Waals surface area contributed by atoms with Crippen LogP contribution in [-0.2, 0) is 4.79 Å². The quantitative estimate of drug-likeness (QED) is 0.678. The lowest BCUT2D eigenvalue weighted by atomic mass is 10.2. The van der Waals surface area contributed by atoms with Crippen LogP contribution in [0.2, 0.25) is 0 Å². The molecule has 0 atom stereocenters. The van der Waals surface area contributed by atoms with E-state index in [2.05, 4.69) is 15.6 Å². The smallest absolute Gasteiger partial charge is 0.258 e. The van der Waals surface area contributed by atoms with Crippen molar-refractivity contribution in [2.24, 2.45) is 0 Å². The molecule has 0 radical (unpaired) electrons. The Balaban J connectivity index is 1.82. The van der Waals surface area contributed by atoms with E-state index in [4.69, 9.17) is 0 Å². The average Bonchev–Trinajstić information content (AvgIpc) is 2.65. The highest BCUT2D eigenvalue weighted by Crippen LogP contribution is 2.29. The number of halogens is 1. The van der Waals surface area contributed by atoms with Crippen molar-refractivity contribution < 1.29 is 14.0 Å². The fourth-order valence-electron chi connectivity index (χ4n) is 2.33. The van der Waals surface area contributed by atoms with Crippen LogP contribution in [0.5, 0.6) is 0 Å². The van der Waals surface area contributed by atoms with Gasteiger partial charge in [-0.05, 0) is 42.5 Å². The van der Waals surface area contributed by atoms with Gasteiger partial charge in [0.05, 0.1) is 11.3 Å². The molecule has 0 unspecified atom stereocenters. The van der Waals surface area contributed by atoms with Crippen molar-refractivity contribution in [2.45, 2.75) is 16.8 Å². The Morgan fingerprint density at radius 2 is 1.78 bits per heavy atom. The number of carbonyl (C=O) groups excluding carboxylic acids is 2. The number of pyridine rings is 1. The summed E-state index contributed by atoms with van der Waals surface area (Å²) in [7, 11) is 0. The predicted molar refractivity (Wildman–Crippen MR) is 103 cm³/mol. The fourth-order valence-corrected chi connectivity index (χ4v) is 3.23. The van der Waals surface area contributed by atoms with Gasteiger partial charge in [0.1, 0.15) is 10.8 Å². The molecule has 7 heteroatoms. The maximum Gasteiger partial charge on any atom is 0.258 e. The van der Waals surface area contributed by atoms with Gasteiger partial charge in [0, 0.05) is 23.7 Å². The Hall–Kier alpha value is -3.19. The topological polar surface area (TPSA) is 71.1 Å². The minimum atomic E-state index is -0.579. The zero-order valence-electron chi connectivity index (χ0n) is 14.4. The Morgan fingerprint density at radius 1 is 1.00 bits per heavy atom. The third-order valence-electron chi connectivity index (χ3n) is 3.51. The van der Waals surface area contributed by atoms with Crippen molar-refractivity contribution >= 4 is 35.0 Å². The molecule has 0 saturated heterocycles. The van der Waals surface area contributed by atoms with E-state index in [0.717, 1.165) is 4.90 Å². The van der Waals surface area contributed by atoms with Crippen LogP contribution < -0.4 is 10.6 Å². The van der Waals surface area contributed by atoms with E-state index in [1.165, 1.54) is 36.9 Å².